The van der Waals surface area contributed by atoms with Crippen LogP contribution >= 0.6 is 12.2 Å². The first-order valence-electron chi connectivity index (χ1n) is 9.62. The van der Waals surface area contributed by atoms with E-state index >= 15 is 0 Å². The van der Waals surface area contributed by atoms with Crippen LogP contribution in [0, 0.1) is 0 Å². The standard InChI is InChI=1S/C23H24N2O5S/c1-13(2)15-6-8-16(9-7-15)25-22(27)17(21(26)24-23(25)31)10-14-11-18(28-3)20(30-5)19(12-14)29-4/h6-13H,1-5H3,(H,24,26,31)/b17-10+. The average molecular weight is 441 g/mol. The summed E-state index contributed by atoms with van der Waals surface area (Å²) in [7, 11) is 4.49. The monoisotopic (exact) mass is 440 g/mol. The molecule has 1 fully saturated rings. The first-order valence-corrected chi connectivity index (χ1v) is 10.0. The molecular formula is C23H24N2O5S. The van der Waals surface area contributed by atoms with Gasteiger partial charge in [0.25, 0.3) is 11.8 Å². The maximum absolute atomic E-state index is 13.2. The molecule has 1 saturated heterocycles. The van der Waals surface area contributed by atoms with Gasteiger partial charge >= 0.3 is 0 Å². The molecule has 2 amide bonds. The first-order chi connectivity index (χ1) is 14.8. The molecule has 1 aliphatic rings. The van der Waals surface area contributed by atoms with Crippen LogP contribution in [-0.4, -0.2) is 38.3 Å². The van der Waals surface area contributed by atoms with Gasteiger partial charge in [0.1, 0.15) is 5.57 Å². The van der Waals surface area contributed by atoms with Gasteiger partial charge in [-0.3, -0.25) is 19.8 Å². The van der Waals surface area contributed by atoms with Crippen molar-refractivity contribution in [1.29, 1.82) is 0 Å². The molecular weight excluding hydrogens is 416 g/mol. The Hall–Kier alpha value is -3.39. The lowest BCUT2D eigenvalue weighted by Gasteiger charge is -2.29. The van der Waals surface area contributed by atoms with Crippen LogP contribution < -0.4 is 24.4 Å². The lowest BCUT2D eigenvalue weighted by atomic mass is 10.0. The van der Waals surface area contributed by atoms with Crippen LogP contribution in [0.4, 0.5) is 5.69 Å². The van der Waals surface area contributed by atoms with Gasteiger partial charge in [0.2, 0.25) is 5.75 Å². The molecule has 0 radical (unpaired) electrons. The molecule has 7 nitrogen and oxygen atoms in total. The van der Waals surface area contributed by atoms with Gasteiger partial charge in [-0.25, -0.2) is 0 Å². The van der Waals surface area contributed by atoms with Crippen molar-refractivity contribution in [1.82, 2.24) is 5.32 Å². The van der Waals surface area contributed by atoms with Crippen molar-refractivity contribution in [3.63, 3.8) is 0 Å². The Labute approximate surface area is 186 Å². The second kappa shape index (κ2) is 9.18. The highest BCUT2D eigenvalue weighted by Gasteiger charge is 2.34. The van der Waals surface area contributed by atoms with E-state index < -0.39 is 11.8 Å². The molecule has 2 aromatic rings. The molecule has 0 unspecified atom stereocenters. The number of nitrogens with zero attached hydrogens (tertiary/aromatic N) is 1. The molecule has 1 heterocycles. The second-order valence-electron chi connectivity index (χ2n) is 7.16. The van der Waals surface area contributed by atoms with Crippen LogP contribution in [0.3, 0.4) is 0 Å². The van der Waals surface area contributed by atoms with Crippen LogP contribution in [0.1, 0.15) is 30.9 Å². The Morgan fingerprint density at radius 3 is 2.03 bits per heavy atom. The van der Waals surface area contributed by atoms with Crippen LogP contribution in [0.25, 0.3) is 6.08 Å². The van der Waals surface area contributed by atoms with E-state index in [1.54, 1.807) is 12.1 Å². The largest absolute Gasteiger partial charge is 0.493 e. The molecule has 0 bridgehead atoms. The van der Waals surface area contributed by atoms with E-state index in [0.29, 0.717) is 34.4 Å². The Morgan fingerprint density at radius 2 is 1.55 bits per heavy atom. The number of amides is 2. The minimum atomic E-state index is -0.571. The Balaban J connectivity index is 2.03. The summed E-state index contributed by atoms with van der Waals surface area (Å²) >= 11 is 5.27. The molecule has 31 heavy (non-hydrogen) atoms. The van der Waals surface area contributed by atoms with Gasteiger partial charge < -0.3 is 14.2 Å². The summed E-state index contributed by atoms with van der Waals surface area (Å²) in [5.74, 6) is 0.509. The molecule has 0 spiro atoms. The predicted octanol–water partition coefficient (Wildman–Crippen LogP) is 3.67. The molecule has 1 aliphatic heterocycles. The highest BCUT2D eigenvalue weighted by molar-refractivity contribution is 7.80. The highest BCUT2D eigenvalue weighted by Crippen LogP contribution is 2.39. The number of rotatable bonds is 6. The van der Waals surface area contributed by atoms with Gasteiger partial charge in [-0.2, -0.15) is 0 Å². The van der Waals surface area contributed by atoms with Crippen molar-refractivity contribution in [3.8, 4) is 17.2 Å². The van der Waals surface area contributed by atoms with Crippen LogP contribution in [0.5, 0.6) is 17.2 Å². The van der Waals surface area contributed by atoms with Gasteiger partial charge in [-0.05, 0) is 59.6 Å². The molecule has 0 saturated carbocycles. The predicted molar refractivity (Wildman–Crippen MR) is 123 cm³/mol. The average Bonchev–Trinajstić information content (AvgIpc) is 2.76. The molecule has 162 valence electrons. The van der Waals surface area contributed by atoms with E-state index in [1.165, 1.54) is 32.3 Å². The third kappa shape index (κ3) is 4.39. The lowest BCUT2D eigenvalue weighted by Crippen LogP contribution is -2.54. The molecule has 8 heteroatoms. The summed E-state index contributed by atoms with van der Waals surface area (Å²) in [5, 5.41) is 2.62. The number of benzene rings is 2. The third-order valence-electron chi connectivity index (χ3n) is 4.92. The number of hydrogen-bond acceptors (Lipinski definition) is 6. The van der Waals surface area contributed by atoms with Gasteiger partial charge in [0, 0.05) is 0 Å². The summed E-state index contributed by atoms with van der Waals surface area (Å²) in [5.41, 5.74) is 2.19. The van der Waals surface area contributed by atoms with Gasteiger partial charge in [-0.1, -0.05) is 26.0 Å². The molecule has 2 aromatic carbocycles. The van der Waals surface area contributed by atoms with E-state index in [4.69, 9.17) is 26.4 Å². The Morgan fingerprint density at radius 1 is 0.968 bits per heavy atom. The second-order valence-corrected chi connectivity index (χ2v) is 7.55. The maximum Gasteiger partial charge on any atom is 0.270 e. The molecule has 0 aromatic heterocycles. The zero-order chi connectivity index (χ0) is 22.7. The summed E-state index contributed by atoms with van der Waals surface area (Å²) < 4.78 is 16.0. The summed E-state index contributed by atoms with van der Waals surface area (Å²) in [6.07, 6.45) is 1.47. The number of methoxy groups -OCH3 is 3. The van der Waals surface area contributed by atoms with E-state index in [2.05, 4.69) is 19.2 Å². The Bertz CT molecular complexity index is 1040. The fraction of sp³-hybridized carbons (Fsp3) is 0.261. The van der Waals surface area contributed by atoms with Crippen molar-refractivity contribution in [3.05, 3.63) is 53.1 Å². The van der Waals surface area contributed by atoms with Crippen molar-refractivity contribution >= 4 is 40.9 Å². The van der Waals surface area contributed by atoms with E-state index in [0.717, 1.165) is 5.56 Å². The zero-order valence-corrected chi connectivity index (χ0v) is 18.8. The van der Waals surface area contributed by atoms with E-state index in [1.807, 2.05) is 24.3 Å². The number of hydrogen-bond donors (Lipinski definition) is 1. The smallest absolute Gasteiger partial charge is 0.270 e. The SMILES string of the molecule is COc1cc(/C=C2\C(=O)NC(=S)N(c3ccc(C(C)C)cc3)C2=O)cc(OC)c1OC. The number of carbonyl (C=O) groups excluding carboxylic acids is 2. The minimum absolute atomic E-state index is 0.0364. The number of nitrogens with one attached hydrogen (secondary N) is 1. The van der Waals surface area contributed by atoms with Crippen LogP contribution in [0.15, 0.2) is 42.0 Å². The lowest BCUT2D eigenvalue weighted by molar-refractivity contribution is -0.122. The maximum atomic E-state index is 13.2. The number of anilines is 1. The quantitative estimate of drug-likeness (QED) is 0.420. The van der Waals surface area contributed by atoms with Crippen LogP contribution in [-0.2, 0) is 9.59 Å². The normalized spacial score (nSPS) is 15.4. The van der Waals surface area contributed by atoms with Gasteiger partial charge in [0.15, 0.2) is 16.6 Å². The fourth-order valence-corrected chi connectivity index (χ4v) is 3.53. The van der Waals surface area contributed by atoms with Gasteiger partial charge in [-0.15, -0.1) is 0 Å². The van der Waals surface area contributed by atoms with Crippen molar-refractivity contribution in [2.75, 3.05) is 26.2 Å². The zero-order valence-electron chi connectivity index (χ0n) is 18.0. The Kier molecular flexibility index (Phi) is 6.60. The first kappa shape index (κ1) is 22.3. The number of thiocarbonyl (C=S) groups is 1. The topological polar surface area (TPSA) is 77.1 Å². The molecule has 0 atom stereocenters. The van der Waals surface area contributed by atoms with E-state index in [-0.39, 0.29) is 10.7 Å². The fourth-order valence-electron chi connectivity index (χ4n) is 3.25. The van der Waals surface area contributed by atoms with Crippen molar-refractivity contribution < 1.29 is 23.8 Å². The third-order valence-corrected chi connectivity index (χ3v) is 5.20. The summed E-state index contributed by atoms with van der Waals surface area (Å²) in [6.45, 7) is 4.17. The van der Waals surface area contributed by atoms with Crippen LogP contribution in [0.2, 0.25) is 0 Å². The highest BCUT2D eigenvalue weighted by atomic mass is 32.1. The number of carbonyl (C=O) groups is 2. The summed E-state index contributed by atoms with van der Waals surface area (Å²) in [4.78, 5) is 27.1. The molecule has 0 aliphatic carbocycles. The molecule has 3 rings (SSSR count). The van der Waals surface area contributed by atoms with Crippen molar-refractivity contribution in [2.24, 2.45) is 0 Å². The van der Waals surface area contributed by atoms with E-state index in [9.17, 15) is 9.59 Å². The van der Waals surface area contributed by atoms with Crippen molar-refractivity contribution in [2.45, 2.75) is 19.8 Å². The summed E-state index contributed by atoms with van der Waals surface area (Å²) in [6, 6.07) is 10.8. The minimum Gasteiger partial charge on any atom is -0.493 e. The van der Waals surface area contributed by atoms with Gasteiger partial charge in [0.05, 0.1) is 27.0 Å². The number of ether oxygens (including phenoxy) is 3. The molecule has 1 N–H and O–H groups in total.